The first-order valence-corrected chi connectivity index (χ1v) is 12.7. The zero-order valence-corrected chi connectivity index (χ0v) is 20.7. The molecule has 3 aromatic rings. The predicted octanol–water partition coefficient (Wildman–Crippen LogP) is 6.07. The summed E-state index contributed by atoms with van der Waals surface area (Å²) in [5, 5.41) is 0.799. The fourth-order valence-corrected chi connectivity index (χ4v) is 6.76. The van der Waals surface area contributed by atoms with Crippen LogP contribution in [0.5, 0.6) is 5.75 Å². The molecule has 0 bridgehead atoms. The van der Waals surface area contributed by atoms with Gasteiger partial charge in [0.25, 0.3) is 5.24 Å². The van der Waals surface area contributed by atoms with Crippen molar-refractivity contribution in [3.63, 3.8) is 0 Å². The molecule has 2 aliphatic rings. The van der Waals surface area contributed by atoms with Crippen LogP contribution in [0.1, 0.15) is 47.6 Å². The summed E-state index contributed by atoms with van der Waals surface area (Å²) in [5.74, 6) is 0.670. The fraction of sp³-hybridized carbons (Fsp3) is 0.333. The van der Waals surface area contributed by atoms with Crippen LogP contribution in [-0.2, 0) is 16.8 Å². The van der Waals surface area contributed by atoms with Crippen LogP contribution in [0.2, 0.25) is 5.02 Å². The van der Waals surface area contributed by atoms with Gasteiger partial charge in [-0.15, -0.1) is 11.3 Å². The summed E-state index contributed by atoms with van der Waals surface area (Å²) in [5.41, 5.74) is 2.51. The van der Waals surface area contributed by atoms with Gasteiger partial charge >= 0.3 is 0 Å². The van der Waals surface area contributed by atoms with Crippen LogP contribution in [0.3, 0.4) is 0 Å². The molecule has 0 unspecified atom stereocenters. The molecule has 33 heavy (non-hydrogen) atoms. The third-order valence-electron chi connectivity index (χ3n) is 6.25. The van der Waals surface area contributed by atoms with Crippen molar-refractivity contribution in [1.82, 2.24) is 9.88 Å². The summed E-state index contributed by atoms with van der Waals surface area (Å²) < 4.78 is 5.30. The van der Waals surface area contributed by atoms with E-state index in [-0.39, 0.29) is 34.6 Å². The van der Waals surface area contributed by atoms with E-state index in [4.69, 9.17) is 21.3 Å². The highest BCUT2D eigenvalue weighted by molar-refractivity contribution is 8.14. The Morgan fingerprint density at radius 2 is 1.88 bits per heavy atom. The molecular formula is C24H21ClN2O4S2. The zero-order chi connectivity index (χ0) is 23.5. The van der Waals surface area contributed by atoms with Crippen LogP contribution in [-0.4, -0.2) is 39.7 Å². The number of hydrogen-bond donors (Lipinski definition) is 0. The van der Waals surface area contributed by atoms with Crippen molar-refractivity contribution in [2.45, 2.75) is 38.6 Å². The van der Waals surface area contributed by atoms with Gasteiger partial charge in [0.1, 0.15) is 10.6 Å². The Morgan fingerprint density at radius 3 is 2.52 bits per heavy atom. The van der Waals surface area contributed by atoms with E-state index < -0.39 is 0 Å². The first-order valence-electron chi connectivity index (χ1n) is 10.5. The number of methoxy groups -OCH3 is 1. The van der Waals surface area contributed by atoms with Crippen LogP contribution in [0.15, 0.2) is 24.3 Å². The minimum Gasteiger partial charge on any atom is -0.497 e. The zero-order valence-electron chi connectivity index (χ0n) is 18.4. The fourth-order valence-electron chi connectivity index (χ4n) is 4.38. The van der Waals surface area contributed by atoms with Crippen LogP contribution in [0.25, 0.3) is 21.3 Å². The summed E-state index contributed by atoms with van der Waals surface area (Å²) in [6.45, 7) is 4.28. The number of amides is 2. The van der Waals surface area contributed by atoms with Gasteiger partial charge in [-0.05, 0) is 24.1 Å². The molecule has 0 saturated carbocycles. The maximum Gasteiger partial charge on any atom is 0.289 e. The van der Waals surface area contributed by atoms with Gasteiger partial charge in [0.2, 0.25) is 5.91 Å². The number of thiophene rings is 1. The Labute approximate surface area is 204 Å². The van der Waals surface area contributed by atoms with Crippen LogP contribution in [0.4, 0.5) is 4.79 Å². The number of hydrogen-bond acceptors (Lipinski definition) is 7. The molecule has 1 aliphatic carbocycles. The number of halogens is 1. The van der Waals surface area contributed by atoms with E-state index >= 15 is 0 Å². The van der Waals surface area contributed by atoms with Crippen LogP contribution < -0.4 is 4.74 Å². The Morgan fingerprint density at radius 1 is 1.15 bits per heavy atom. The number of carbonyl (C=O) groups excluding carboxylic acids is 3. The topological polar surface area (TPSA) is 76.6 Å². The number of imide groups is 1. The van der Waals surface area contributed by atoms with Gasteiger partial charge in [-0.25, -0.2) is 4.98 Å². The molecule has 0 radical (unpaired) electrons. The molecular weight excluding hydrogens is 480 g/mol. The van der Waals surface area contributed by atoms with Crippen molar-refractivity contribution < 1.29 is 19.1 Å². The maximum atomic E-state index is 13.1. The number of carbonyl (C=O) groups is 3. The second-order valence-electron chi connectivity index (χ2n) is 8.80. The number of pyridine rings is 1. The number of ketones is 1. The molecule has 5 rings (SSSR count). The van der Waals surface area contributed by atoms with Crippen molar-refractivity contribution in [3.05, 3.63) is 45.4 Å². The van der Waals surface area contributed by atoms with E-state index in [1.165, 1.54) is 16.2 Å². The van der Waals surface area contributed by atoms with Gasteiger partial charge in [0.15, 0.2) is 5.78 Å². The minimum atomic E-state index is -0.300. The standard InChI is InChI=1S/C24H21ClN2O4S2/c1-24(2)9-8-15(28)18-19-17(12-4-6-13(31-3)7-5-12)20(25)14(26-22(19)33-21(18)24)10-27-16(29)11-32-23(27)30/h4-7H,8-11H2,1-3H3. The third kappa shape index (κ3) is 3.64. The number of rotatable bonds is 4. The van der Waals surface area contributed by atoms with E-state index in [2.05, 4.69) is 13.8 Å². The monoisotopic (exact) mass is 500 g/mol. The molecule has 0 spiro atoms. The average Bonchev–Trinajstić information content (AvgIpc) is 3.33. The highest BCUT2D eigenvalue weighted by Gasteiger charge is 2.38. The van der Waals surface area contributed by atoms with Gasteiger partial charge in [-0.1, -0.05) is 49.3 Å². The summed E-state index contributed by atoms with van der Waals surface area (Å²) in [6, 6.07) is 7.47. The molecule has 1 saturated heterocycles. The Kier molecular flexibility index (Phi) is 5.50. The van der Waals surface area contributed by atoms with E-state index in [1.807, 2.05) is 24.3 Å². The quantitative estimate of drug-likeness (QED) is 0.432. The van der Waals surface area contributed by atoms with Crippen molar-refractivity contribution in [1.29, 1.82) is 0 Å². The molecule has 1 aliphatic heterocycles. The predicted molar refractivity (Wildman–Crippen MR) is 132 cm³/mol. The molecule has 1 fully saturated rings. The first-order chi connectivity index (χ1) is 15.7. The van der Waals surface area contributed by atoms with Crippen molar-refractivity contribution in [2.24, 2.45) is 0 Å². The van der Waals surface area contributed by atoms with E-state index in [1.54, 1.807) is 7.11 Å². The van der Waals surface area contributed by atoms with Crippen LogP contribution in [0, 0.1) is 0 Å². The highest BCUT2D eigenvalue weighted by Crippen LogP contribution is 2.49. The molecule has 9 heteroatoms. The number of benzene rings is 1. The Balaban J connectivity index is 1.79. The van der Waals surface area contributed by atoms with Gasteiger partial charge in [-0.2, -0.15) is 0 Å². The number of Topliss-reactive ketones (excluding diaryl/α,β-unsaturated/α-hetero) is 1. The second-order valence-corrected chi connectivity index (χ2v) is 11.1. The lowest BCUT2D eigenvalue weighted by Gasteiger charge is -2.28. The Bertz CT molecular complexity index is 1310. The number of nitrogens with zero attached hydrogens (tertiary/aromatic N) is 2. The average molecular weight is 501 g/mol. The summed E-state index contributed by atoms with van der Waals surface area (Å²) in [4.78, 5) is 45.2. The third-order valence-corrected chi connectivity index (χ3v) is 8.96. The molecule has 170 valence electrons. The highest BCUT2D eigenvalue weighted by atomic mass is 35.5. The maximum absolute atomic E-state index is 13.1. The van der Waals surface area contributed by atoms with E-state index in [0.29, 0.717) is 38.8 Å². The molecule has 3 heterocycles. The minimum absolute atomic E-state index is 0.00248. The number of thioether (sulfide) groups is 1. The SMILES string of the molecule is COc1ccc(-c2c(Cl)c(CN3C(=O)CSC3=O)nc3sc4c(c23)C(=O)CCC4(C)C)cc1. The number of aromatic nitrogens is 1. The molecule has 6 nitrogen and oxygen atoms in total. The smallest absolute Gasteiger partial charge is 0.289 e. The van der Waals surface area contributed by atoms with Gasteiger partial charge in [0.05, 0.1) is 30.1 Å². The molecule has 1 aromatic carbocycles. The summed E-state index contributed by atoms with van der Waals surface area (Å²) in [7, 11) is 1.60. The molecule has 0 N–H and O–H groups in total. The number of ether oxygens (including phenoxy) is 1. The number of fused-ring (bicyclic) bond motifs is 3. The molecule has 2 amide bonds. The van der Waals surface area contributed by atoms with E-state index in [0.717, 1.165) is 34.0 Å². The van der Waals surface area contributed by atoms with Gasteiger partial charge in [-0.3, -0.25) is 19.3 Å². The molecule has 2 aromatic heterocycles. The van der Waals surface area contributed by atoms with Crippen LogP contribution >= 0.6 is 34.7 Å². The van der Waals surface area contributed by atoms with Crippen molar-refractivity contribution >= 4 is 61.8 Å². The van der Waals surface area contributed by atoms with Gasteiger partial charge < -0.3 is 4.74 Å². The van der Waals surface area contributed by atoms with Gasteiger partial charge in [0, 0.05) is 33.2 Å². The Hall–Kier alpha value is -2.42. The van der Waals surface area contributed by atoms with E-state index in [9.17, 15) is 14.4 Å². The largest absolute Gasteiger partial charge is 0.497 e. The lowest BCUT2D eigenvalue weighted by Crippen LogP contribution is -2.28. The lowest BCUT2D eigenvalue weighted by atomic mass is 9.76. The normalized spacial score (nSPS) is 17.7. The van der Waals surface area contributed by atoms with Crippen molar-refractivity contribution in [3.8, 4) is 16.9 Å². The summed E-state index contributed by atoms with van der Waals surface area (Å²) in [6.07, 6.45) is 1.25. The lowest BCUT2D eigenvalue weighted by molar-refractivity contribution is -0.125. The second kappa shape index (κ2) is 8.11. The first kappa shape index (κ1) is 22.4. The van der Waals surface area contributed by atoms with Crippen molar-refractivity contribution in [2.75, 3.05) is 12.9 Å². The summed E-state index contributed by atoms with van der Waals surface area (Å²) >= 11 is 9.41. The molecule has 0 atom stereocenters.